The van der Waals surface area contributed by atoms with Crippen molar-refractivity contribution in [3.8, 4) is 0 Å². The van der Waals surface area contributed by atoms with E-state index in [1.54, 1.807) is 36.4 Å². The maximum Gasteiger partial charge on any atom is 1.00 e. The van der Waals surface area contributed by atoms with E-state index in [4.69, 9.17) is 0 Å². The Kier molecular flexibility index (Phi) is 7.61. The standard InChI is InChI=1S/C11H8O4S.ClH.K/c12-8-15-16(13,14)11-7-3-5-9-4-1-2-6-10(9)11;;/h1-8H;1H;/q;;+1/p-1. The second-order valence-corrected chi connectivity index (χ2v) is 4.66. The van der Waals surface area contributed by atoms with Gasteiger partial charge in [-0.1, -0.05) is 36.4 Å². The van der Waals surface area contributed by atoms with Gasteiger partial charge in [0.25, 0.3) is 0 Å². The molecule has 0 atom stereocenters. The third-order valence-electron chi connectivity index (χ3n) is 2.18. The normalized spacial score (nSPS) is 10.0. The molecule has 0 amide bonds. The van der Waals surface area contributed by atoms with E-state index >= 15 is 0 Å². The van der Waals surface area contributed by atoms with Gasteiger partial charge in [0.15, 0.2) is 0 Å². The molecule has 2 aromatic rings. The zero-order chi connectivity index (χ0) is 11.6. The summed E-state index contributed by atoms with van der Waals surface area (Å²) in [6, 6.07) is 11.8. The second-order valence-electron chi connectivity index (χ2n) is 3.12. The Bertz CT molecular complexity index is 637. The topological polar surface area (TPSA) is 60.4 Å². The number of carbonyl (C=O) groups is 1. The fraction of sp³-hybridized carbons (Fsp3) is 0. The molecule has 0 saturated carbocycles. The van der Waals surface area contributed by atoms with Gasteiger partial charge in [0, 0.05) is 5.39 Å². The van der Waals surface area contributed by atoms with Gasteiger partial charge in [-0.25, -0.2) is 0 Å². The Balaban J connectivity index is 0.00000144. The maximum absolute atomic E-state index is 11.6. The van der Waals surface area contributed by atoms with E-state index in [9.17, 15) is 13.2 Å². The number of rotatable bonds is 3. The number of hydrogen-bond acceptors (Lipinski definition) is 4. The molecule has 0 saturated heterocycles. The fourth-order valence-electron chi connectivity index (χ4n) is 1.52. The summed E-state index contributed by atoms with van der Waals surface area (Å²) in [6.45, 7) is -0.0862. The van der Waals surface area contributed by atoms with Crippen molar-refractivity contribution in [3.63, 3.8) is 0 Å². The van der Waals surface area contributed by atoms with Crippen molar-refractivity contribution in [2.75, 3.05) is 0 Å². The van der Waals surface area contributed by atoms with Crippen LogP contribution in [0.1, 0.15) is 0 Å². The molecule has 18 heavy (non-hydrogen) atoms. The third kappa shape index (κ3) is 3.77. The molecule has 0 fully saturated rings. The smallest absolute Gasteiger partial charge is 1.00 e. The summed E-state index contributed by atoms with van der Waals surface area (Å²) in [5.41, 5.74) is 0. The van der Waals surface area contributed by atoms with Crippen LogP contribution in [0, 0.1) is 0 Å². The Morgan fingerprint density at radius 1 is 1.00 bits per heavy atom. The van der Waals surface area contributed by atoms with E-state index in [1.165, 1.54) is 6.07 Å². The van der Waals surface area contributed by atoms with Gasteiger partial charge in [0.1, 0.15) is 4.90 Å². The summed E-state index contributed by atoms with van der Waals surface area (Å²) in [6.07, 6.45) is 0. The first-order valence-corrected chi connectivity index (χ1v) is 5.91. The number of halogens is 1. The van der Waals surface area contributed by atoms with Crippen LogP contribution in [-0.2, 0) is 19.1 Å². The van der Waals surface area contributed by atoms with Gasteiger partial charge in [0.2, 0.25) is 0 Å². The number of carbonyl (C=O) groups excluding carboxylic acids is 1. The molecule has 2 aromatic carbocycles. The van der Waals surface area contributed by atoms with Crippen molar-refractivity contribution in [2.45, 2.75) is 4.90 Å². The molecule has 90 valence electrons. The summed E-state index contributed by atoms with van der Waals surface area (Å²) < 4.78 is 27.3. The third-order valence-corrected chi connectivity index (χ3v) is 3.41. The van der Waals surface area contributed by atoms with Crippen LogP contribution in [0.5, 0.6) is 0 Å². The Morgan fingerprint density at radius 2 is 1.61 bits per heavy atom. The summed E-state index contributed by atoms with van der Waals surface area (Å²) in [4.78, 5) is 10.1. The Labute approximate surface area is 154 Å². The van der Waals surface area contributed by atoms with Crippen molar-refractivity contribution in [1.29, 1.82) is 0 Å². The average Bonchev–Trinajstić information content (AvgIpc) is 2.28. The molecule has 0 N–H and O–H groups in total. The second kappa shape index (κ2) is 7.59. The van der Waals surface area contributed by atoms with Crippen molar-refractivity contribution < 1.29 is 81.2 Å². The predicted octanol–water partition coefficient (Wildman–Crippen LogP) is -4.29. The van der Waals surface area contributed by atoms with Crippen LogP contribution >= 0.6 is 0 Å². The van der Waals surface area contributed by atoms with E-state index in [0.29, 0.717) is 5.39 Å². The minimum Gasteiger partial charge on any atom is -1.00 e. The molecular formula is C11H8ClKO4S. The van der Waals surface area contributed by atoms with E-state index in [0.717, 1.165) is 5.39 Å². The molecule has 0 aromatic heterocycles. The molecular weight excluding hydrogens is 303 g/mol. The van der Waals surface area contributed by atoms with Gasteiger partial charge >= 0.3 is 68.0 Å². The van der Waals surface area contributed by atoms with E-state index in [-0.39, 0.29) is 75.2 Å². The van der Waals surface area contributed by atoms with Crippen LogP contribution in [0.3, 0.4) is 0 Å². The van der Waals surface area contributed by atoms with Crippen LogP contribution in [0.25, 0.3) is 10.8 Å². The van der Waals surface area contributed by atoms with Gasteiger partial charge in [-0.05, 0) is 11.5 Å². The average molecular weight is 311 g/mol. The molecule has 0 aliphatic heterocycles. The molecule has 7 heteroatoms. The first-order valence-electron chi connectivity index (χ1n) is 4.50. The van der Waals surface area contributed by atoms with E-state index in [2.05, 4.69) is 4.18 Å². The molecule has 0 spiro atoms. The predicted molar refractivity (Wildman–Crippen MR) is 58.3 cm³/mol. The summed E-state index contributed by atoms with van der Waals surface area (Å²) >= 11 is 0. The zero-order valence-corrected chi connectivity index (χ0v) is 14.2. The summed E-state index contributed by atoms with van der Waals surface area (Å²) in [5.74, 6) is 0. The summed E-state index contributed by atoms with van der Waals surface area (Å²) in [5, 5.41) is 1.31. The molecule has 4 nitrogen and oxygen atoms in total. The van der Waals surface area contributed by atoms with Gasteiger partial charge < -0.3 is 16.6 Å². The van der Waals surface area contributed by atoms with Crippen LogP contribution in [0.15, 0.2) is 47.4 Å². The van der Waals surface area contributed by atoms with E-state index < -0.39 is 10.1 Å². The van der Waals surface area contributed by atoms with Crippen molar-refractivity contribution in [1.82, 2.24) is 0 Å². The minimum atomic E-state index is -4.00. The number of fused-ring (bicyclic) bond motifs is 1. The van der Waals surface area contributed by atoms with Crippen LogP contribution in [0.2, 0.25) is 0 Å². The Morgan fingerprint density at radius 3 is 2.28 bits per heavy atom. The Hall–Kier alpha value is 0.0464. The SMILES string of the molecule is O=COS(=O)(=O)c1cccc2ccccc12.[Cl-].[K+]. The van der Waals surface area contributed by atoms with Gasteiger partial charge in [0.05, 0.1) is 0 Å². The van der Waals surface area contributed by atoms with Crippen LogP contribution in [0.4, 0.5) is 0 Å². The van der Waals surface area contributed by atoms with Crippen molar-refractivity contribution >= 4 is 27.4 Å². The fourth-order valence-corrected chi connectivity index (χ4v) is 2.42. The monoisotopic (exact) mass is 310 g/mol. The van der Waals surface area contributed by atoms with Crippen LogP contribution < -0.4 is 63.8 Å². The molecule has 0 aliphatic carbocycles. The number of benzene rings is 2. The first kappa shape index (κ1) is 18.0. The molecule has 0 aliphatic rings. The van der Waals surface area contributed by atoms with Crippen molar-refractivity contribution in [2.24, 2.45) is 0 Å². The van der Waals surface area contributed by atoms with Gasteiger partial charge in [-0.2, -0.15) is 8.42 Å². The largest absolute Gasteiger partial charge is 1.00 e. The van der Waals surface area contributed by atoms with Crippen molar-refractivity contribution in [3.05, 3.63) is 42.5 Å². The quantitative estimate of drug-likeness (QED) is 0.327. The maximum atomic E-state index is 11.6. The first-order chi connectivity index (χ1) is 7.65. The number of hydrogen-bond donors (Lipinski definition) is 0. The zero-order valence-electron chi connectivity index (χ0n) is 9.54. The molecule has 0 unspecified atom stereocenters. The molecule has 2 rings (SSSR count). The molecule has 0 heterocycles. The van der Waals surface area contributed by atoms with E-state index in [1.807, 2.05) is 0 Å². The minimum absolute atomic E-state index is 0. The van der Waals surface area contributed by atoms with Crippen LogP contribution in [-0.4, -0.2) is 14.9 Å². The molecule has 0 radical (unpaired) electrons. The van der Waals surface area contributed by atoms with Gasteiger partial charge in [-0.3, -0.25) is 4.79 Å². The summed E-state index contributed by atoms with van der Waals surface area (Å²) in [7, 11) is -4.00. The van der Waals surface area contributed by atoms with Gasteiger partial charge in [-0.15, -0.1) is 0 Å². The molecule has 0 bridgehead atoms.